The standard InChI is InChI=1S/C30H30N4O5/c1-20-6-3-9-25(16-20)39-27-19-32-34(23-11-13-24(37-2)14-12-23)30(36)28(27)33-22-8-4-7-21(17-22)29(35)31-18-26-10-5-15-38-26/h3-4,6-9,11-14,16-17,19,26,33H,5,10,15,18H2,1-2H3,(H,31,35)/t26-/m0/s1. The zero-order valence-corrected chi connectivity index (χ0v) is 21.8. The molecule has 1 aliphatic rings. The van der Waals surface area contributed by atoms with E-state index in [2.05, 4.69) is 15.7 Å². The molecule has 0 spiro atoms. The molecular formula is C30H30N4O5. The molecule has 1 aliphatic heterocycles. The Labute approximate surface area is 226 Å². The third kappa shape index (κ3) is 6.27. The van der Waals surface area contributed by atoms with Gasteiger partial charge in [-0.2, -0.15) is 9.78 Å². The topological polar surface area (TPSA) is 104 Å². The van der Waals surface area contributed by atoms with E-state index in [0.29, 0.717) is 35.0 Å². The number of hydrogen-bond acceptors (Lipinski definition) is 7. The third-order valence-corrected chi connectivity index (χ3v) is 6.39. The highest BCUT2D eigenvalue weighted by Gasteiger charge is 2.18. The molecule has 0 unspecified atom stereocenters. The first kappa shape index (κ1) is 26.0. The van der Waals surface area contributed by atoms with Crippen molar-refractivity contribution >= 4 is 17.3 Å². The Morgan fingerprint density at radius 2 is 1.90 bits per heavy atom. The van der Waals surface area contributed by atoms with Crippen LogP contribution in [0.25, 0.3) is 5.69 Å². The van der Waals surface area contributed by atoms with Crippen LogP contribution < -0.4 is 25.7 Å². The highest BCUT2D eigenvalue weighted by atomic mass is 16.5. The van der Waals surface area contributed by atoms with Crippen LogP contribution in [0.3, 0.4) is 0 Å². The molecule has 5 rings (SSSR count). The minimum atomic E-state index is -0.418. The van der Waals surface area contributed by atoms with Crippen molar-refractivity contribution in [3.05, 3.63) is 100 Å². The monoisotopic (exact) mass is 526 g/mol. The average molecular weight is 527 g/mol. The van der Waals surface area contributed by atoms with E-state index in [1.54, 1.807) is 55.6 Å². The molecule has 3 aromatic carbocycles. The number of rotatable bonds is 9. The maximum absolute atomic E-state index is 13.7. The van der Waals surface area contributed by atoms with Crippen LogP contribution in [0.5, 0.6) is 17.2 Å². The maximum Gasteiger partial charge on any atom is 0.299 e. The lowest BCUT2D eigenvalue weighted by atomic mass is 10.1. The molecule has 0 bridgehead atoms. The Morgan fingerprint density at radius 3 is 2.64 bits per heavy atom. The molecule has 9 nitrogen and oxygen atoms in total. The zero-order valence-electron chi connectivity index (χ0n) is 21.8. The van der Waals surface area contributed by atoms with E-state index in [4.69, 9.17) is 14.2 Å². The second kappa shape index (κ2) is 11.8. The van der Waals surface area contributed by atoms with Crippen molar-refractivity contribution in [1.82, 2.24) is 15.1 Å². The molecule has 1 fully saturated rings. The fourth-order valence-corrected chi connectivity index (χ4v) is 4.34. The van der Waals surface area contributed by atoms with Crippen molar-refractivity contribution in [3.8, 4) is 22.9 Å². The summed E-state index contributed by atoms with van der Waals surface area (Å²) in [5.74, 6) is 1.28. The number of nitrogens with one attached hydrogen (secondary N) is 2. The lowest BCUT2D eigenvalue weighted by Crippen LogP contribution is -2.31. The number of hydrogen-bond donors (Lipinski definition) is 2. The first-order valence-corrected chi connectivity index (χ1v) is 12.8. The van der Waals surface area contributed by atoms with E-state index >= 15 is 0 Å². The van der Waals surface area contributed by atoms with Crippen molar-refractivity contribution in [2.24, 2.45) is 0 Å². The van der Waals surface area contributed by atoms with Gasteiger partial charge >= 0.3 is 0 Å². The zero-order chi connectivity index (χ0) is 27.2. The first-order chi connectivity index (χ1) is 19.0. The summed E-state index contributed by atoms with van der Waals surface area (Å²) in [5.41, 5.74) is 2.36. The highest BCUT2D eigenvalue weighted by molar-refractivity contribution is 5.95. The number of nitrogens with zero attached hydrogens (tertiary/aromatic N) is 2. The second-order valence-corrected chi connectivity index (χ2v) is 9.27. The van der Waals surface area contributed by atoms with Crippen LogP contribution in [0.1, 0.15) is 28.8 Å². The highest BCUT2D eigenvalue weighted by Crippen LogP contribution is 2.29. The molecule has 4 aromatic rings. The average Bonchev–Trinajstić information content (AvgIpc) is 3.48. The number of benzene rings is 3. The largest absolute Gasteiger partial charge is 0.497 e. The molecule has 0 radical (unpaired) electrons. The maximum atomic E-state index is 13.7. The lowest BCUT2D eigenvalue weighted by Gasteiger charge is -2.15. The minimum Gasteiger partial charge on any atom is -0.497 e. The van der Waals surface area contributed by atoms with Crippen LogP contribution in [0.4, 0.5) is 11.4 Å². The molecule has 39 heavy (non-hydrogen) atoms. The van der Waals surface area contributed by atoms with Crippen molar-refractivity contribution in [2.75, 3.05) is 25.6 Å². The molecule has 1 saturated heterocycles. The molecule has 9 heteroatoms. The van der Waals surface area contributed by atoms with Crippen LogP contribution in [0, 0.1) is 6.92 Å². The number of amides is 1. The van der Waals surface area contributed by atoms with E-state index in [1.807, 2.05) is 31.2 Å². The number of carbonyl (C=O) groups is 1. The van der Waals surface area contributed by atoms with Crippen LogP contribution in [-0.4, -0.2) is 42.1 Å². The quantitative estimate of drug-likeness (QED) is 0.317. The smallest absolute Gasteiger partial charge is 0.299 e. The Bertz CT molecular complexity index is 1510. The fraction of sp³-hybridized carbons (Fsp3) is 0.233. The Hall–Kier alpha value is -4.63. The van der Waals surface area contributed by atoms with E-state index in [1.165, 1.54) is 10.9 Å². The van der Waals surface area contributed by atoms with Gasteiger partial charge in [0.05, 0.1) is 25.1 Å². The minimum absolute atomic E-state index is 0.0461. The van der Waals surface area contributed by atoms with Crippen molar-refractivity contribution in [3.63, 3.8) is 0 Å². The Balaban J connectivity index is 1.46. The van der Waals surface area contributed by atoms with Gasteiger partial charge in [-0.15, -0.1) is 0 Å². The van der Waals surface area contributed by atoms with E-state index in [0.717, 1.165) is 25.0 Å². The summed E-state index contributed by atoms with van der Waals surface area (Å²) < 4.78 is 18.2. The molecule has 200 valence electrons. The summed E-state index contributed by atoms with van der Waals surface area (Å²) >= 11 is 0. The first-order valence-electron chi connectivity index (χ1n) is 12.8. The Morgan fingerprint density at radius 1 is 1.08 bits per heavy atom. The predicted octanol–water partition coefficient (Wildman–Crippen LogP) is 4.99. The number of methoxy groups -OCH3 is 1. The van der Waals surface area contributed by atoms with E-state index in [-0.39, 0.29) is 23.4 Å². The predicted molar refractivity (Wildman–Crippen MR) is 149 cm³/mol. The van der Waals surface area contributed by atoms with Crippen LogP contribution in [-0.2, 0) is 4.74 Å². The van der Waals surface area contributed by atoms with E-state index < -0.39 is 5.56 Å². The fourth-order valence-electron chi connectivity index (χ4n) is 4.34. The van der Waals surface area contributed by atoms with Gasteiger partial charge < -0.3 is 24.8 Å². The van der Waals surface area contributed by atoms with Crippen LogP contribution in [0.15, 0.2) is 83.8 Å². The van der Waals surface area contributed by atoms with Crippen molar-refractivity contribution in [2.45, 2.75) is 25.9 Å². The molecule has 0 saturated carbocycles. The van der Waals surface area contributed by atoms with Crippen LogP contribution >= 0.6 is 0 Å². The summed E-state index contributed by atoms with van der Waals surface area (Å²) in [7, 11) is 1.58. The summed E-state index contributed by atoms with van der Waals surface area (Å²) in [5, 5.41) is 10.5. The summed E-state index contributed by atoms with van der Waals surface area (Å²) in [4.78, 5) is 26.5. The second-order valence-electron chi connectivity index (χ2n) is 9.27. The lowest BCUT2D eigenvalue weighted by molar-refractivity contribution is 0.0858. The van der Waals surface area contributed by atoms with Crippen LogP contribution in [0.2, 0.25) is 0 Å². The van der Waals surface area contributed by atoms with Gasteiger partial charge in [-0.1, -0.05) is 18.2 Å². The summed E-state index contributed by atoms with van der Waals surface area (Å²) in [6.45, 7) is 3.15. The van der Waals surface area contributed by atoms with Gasteiger partial charge in [0.15, 0.2) is 11.4 Å². The van der Waals surface area contributed by atoms with Gasteiger partial charge in [-0.05, 0) is 79.9 Å². The van der Waals surface area contributed by atoms with E-state index in [9.17, 15) is 9.59 Å². The molecule has 0 aliphatic carbocycles. The van der Waals surface area contributed by atoms with Gasteiger partial charge in [0.25, 0.3) is 11.5 Å². The molecule has 1 atom stereocenters. The number of ether oxygens (including phenoxy) is 3. The SMILES string of the molecule is COc1ccc(-n2ncc(Oc3cccc(C)c3)c(Nc3cccc(C(=O)NC[C@@H]4CCCO4)c3)c2=O)cc1. The van der Waals surface area contributed by atoms with Gasteiger partial charge in [0, 0.05) is 24.4 Å². The normalized spacial score (nSPS) is 14.6. The van der Waals surface area contributed by atoms with Gasteiger partial charge in [-0.3, -0.25) is 9.59 Å². The Kier molecular flexibility index (Phi) is 7.88. The van der Waals surface area contributed by atoms with Gasteiger partial charge in [0.2, 0.25) is 0 Å². The summed E-state index contributed by atoms with van der Waals surface area (Å²) in [6.07, 6.45) is 3.49. The summed E-state index contributed by atoms with van der Waals surface area (Å²) in [6, 6.07) is 21.5. The molecule has 2 N–H and O–H groups in total. The molecular weight excluding hydrogens is 496 g/mol. The number of aryl methyl sites for hydroxylation is 1. The van der Waals surface area contributed by atoms with Crippen molar-refractivity contribution in [1.29, 1.82) is 0 Å². The molecule has 1 aromatic heterocycles. The molecule has 2 heterocycles. The van der Waals surface area contributed by atoms with Gasteiger partial charge in [0.1, 0.15) is 11.5 Å². The third-order valence-electron chi connectivity index (χ3n) is 6.39. The number of aromatic nitrogens is 2. The van der Waals surface area contributed by atoms with Crippen molar-refractivity contribution < 1.29 is 19.0 Å². The molecule has 1 amide bonds. The number of anilines is 2. The van der Waals surface area contributed by atoms with Gasteiger partial charge in [-0.25, -0.2) is 0 Å². The number of carbonyl (C=O) groups excluding carboxylic acids is 1.